The molecule has 0 unspecified atom stereocenters. The van der Waals surface area contributed by atoms with E-state index in [0.717, 1.165) is 54.0 Å². The number of carbonyl (C=O) groups excluding carboxylic acids is 1. The maximum absolute atomic E-state index is 11.6. The van der Waals surface area contributed by atoms with Crippen molar-refractivity contribution >= 4 is 22.5 Å². The predicted molar refractivity (Wildman–Crippen MR) is 97.2 cm³/mol. The zero-order valence-corrected chi connectivity index (χ0v) is 14.1. The van der Waals surface area contributed by atoms with Crippen LogP contribution in [0.15, 0.2) is 49.1 Å². The fraction of sp³-hybridized carbons (Fsp3) is 0.263. The number of piperazine rings is 1. The molecule has 1 aliphatic rings. The molecule has 25 heavy (non-hydrogen) atoms. The van der Waals surface area contributed by atoms with E-state index >= 15 is 0 Å². The number of amides is 1. The molecule has 0 saturated carbocycles. The maximum atomic E-state index is 11.6. The first kappa shape index (κ1) is 15.5. The highest BCUT2D eigenvalue weighted by Gasteiger charge is 2.21. The van der Waals surface area contributed by atoms with E-state index in [4.69, 9.17) is 4.98 Å². The molecule has 1 fully saturated rings. The van der Waals surface area contributed by atoms with Crippen molar-refractivity contribution in [1.82, 2.24) is 19.9 Å². The summed E-state index contributed by atoms with van der Waals surface area (Å²) in [6.07, 6.45) is 7.22. The molecule has 6 heteroatoms. The zero-order valence-electron chi connectivity index (χ0n) is 14.1. The molecule has 0 radical (unpaired) electrons. The second kappa shape index (κ2) is 6.47. The third-order valence-electron chi connectivity index (χ3n) is 4.61. The van der Waals surface area contributed by atoms with Crippen LogP contribution in [0.2, 0.25) is 0 Å². The van der Waals surface area contributed by atoms with E-state index in [1.807, 2.05) is 29.3 Å². The summed E-state index contributed by atoms with van der Waals surface area (Å²) < 4.78 is 0. The van der Waals surface area contributed by atoms with Gasteiger partial charge in [-0.2, -0.15) is 0 Å². The molecular formula is C19H19N5O. The van der Waals surface area contributed by atoms with Gasteiger partial charge in [0, 0.05) is 74.2 Å². The highest BCUT2D eigenvalue weighted by atomic mass is 16.2. The normalized spacial score (nSPS) is 14.8. The Kier molecular flexibility index (Phi) is 4.01. The molecule has 4 heterocycles. The van der Waals surface area contributed by atoms with Crippen LogP contribution in [0.3, 0.4) is 0 Å². The molecule has 126 valence electrons. The van der Waals surface area contributed by atoms with E-state index in [1.165, 1.54) is 0 Å². The highest BCUT2D eigenvalue weighted by molar-refractivity contribution is 5.94. The summed E-state index contributed by atoms with van der Waals surface area (Å²) in [5.41, 5.74) is 1.94. The molecule has 0 atom stereocenters. The molecule has 4 rings (SSSR count). The summed E-state index contributed by atoms with van der Waals surface area (Å²) in [6.45, 7) is 4.64. The van der Waals surface area contributed by atoms with Gasteiger partial charge in [-0.1, -0.05) is 0 Å². The number of nitrogens with zero attached hydrogens (tertiary/aromatic N) is 5. The van der Waals surface area contributed by atoms with Crippen molar-refractivity contribution in [3.8, 4) is 11.3 Å². The molecule has 1 saturated heterocycles. The first-order valence-electron chi connectivity index (χ1n) is 8.38. The average Bonchev–Trinajstić information content (AvgIpc) is 2.68. The molecular weight excluding hydrogens is 314 g/mol. The SMILES string of the molecule is CC(=O)N1CCN(c2nc(-c3ccncc3)cc3cnccc23)CC1. The van der Waals surface area contributed by atoms with E-state index < -0.39 is 0 Å². The molecule has 0 aromatic carbocycles. The number of pyridine rings is 3. The van der Waals surface area contributed by atoms with Gasteiger partial charge < -0.3 is 9.80 Å². The van der Waals surface area contributed by atoms with Gasteiger partial charge in [0.05, 0.1) is 5.69 Å². The highest BCUT2D eigenvalue weighted by Crippen LogP contribution is 2.30. The summed E-state index contributed by atoms with van der Waals surface area (Å²) in [4.78, 5) is 29.0. The van der Waals surface area contributed by atoms with Crippen molar-refractivity contribution in [3.63, 3.8) is 0 Å². The van der Waals surface area contributed by atoms with Crippen molar-refractivity contribution in [2.24, 2.45) is 0 Å². The van der Waals surface area contributed by atoms with Gasteiger partial charge in [0.15, 0.2) is 0 Å². The lowest BCUT2D eigenvalue weighted by molar-refractivity contribution is -0.129. The smallest absolute Gasteiger partial charge is 0.219 e. The molecule has 0 bridgehead atoms. The van der Waals surface area contributed by atoms with E-state index in [2.05, 4.69) is 20.9 Å². The summed E-state index contributed by atoms with van der Waals surface area (Å²) in [6, 6.07) is 7.99. The Labute approximate surface area is 146 Å². The van der Waals surface area contributed by atoms with Gasteiger partial charge in [0.25, 0.3) is 0 Å². The number of hydrogen-bond donors (Lipinski definition) is 0. The van der Waals surface area contributed by atoms with Gasteiger partial charge in [-0.3, -0.25) is 14.8 Å². The summed E-state index contributed by atoms with van der Waals surface area (Å²) in [7, 11) is 0. The van der Waals surface area contributed by atoms with E-state index in [0.29, 0.717) is 0 Å². The van der Waals surface area contributed by atoms with Gasteiger partial charge in [0.1, 0.15) is 5.82 Å². The first-order chi connectivity index (χ1) is 12.2. The monoisotopic (exact) mass is 333 g/mol. The van der Waals surface area contributed by atoms with Crippen LogP contribution in [-0.4, -0.2) is 51.9 Å². The number of carbonyl (C=O) groups is 1. The average molecular weight is 333 g/mol. The minimum absolute atomic E-state index is 0.132. The molecule has 1 aliphatic heterocycles. The summed E-state index contributed by atoms with van der Waals surface area (Å²) in [5, 5.41) is 2.15. The Hall–Kier alpha value is -3.02. The molecule has 3 aromatic rings. The number of fused-ring (bicyclic) bond motifs is 1. The van der Waals surface area contributed by atoms with Gasteiger partial charge in [-0.05, 0) is 24.3 Å². The zero-order chi connectivity index (χ0) is 17.2. The van der Waals surface area contributed by atoms with Crippen LogP contribution in [-0.2, 0) is 4.79 Å². The van der Waals surface area contributed by atoms with E-state index in [-0.39, 0.29) is 5.91 Å². The Balaban J connectivity index is 1.76. The second-order valence-electron chi connectivity index (χ2n) is 6.16. The van der Waals surface area contributed by atoms with Gasteiger partial charge in [-0.15, -0.1) is 0 Å². The van der Waals surface area contributed by atoms with E-state index in [9.17, 15) is 4.79 Å². The summed E-state index contributed by atoms with van der Waals surface area (Å²) >= 11 is 0. The summed E-state index contributed by atoms with van der Waals surface area (Å²) in [5.74, 6) is 1.09. The largest absolute Gasteiger partial charge is 0.353 e. The lowest BCUT2D eigenvalue weighted by Gasteiger charge is -2.35. The third-order valence-corrected chi connectivity index (χ3v) is 4.61. The van der Waals surface area contributed by atoms with Crippen LogP contribution in [0.1, 0.15) is 6.92 Å². The van der Waals surface area contributed by atoms with Crippen molar-refractivity contribution < 1.29 is 4.79 Å². The number of aromatic nitrogens is 3. The number of anilines is 1. The minimum Gasteiger partial charge on any atom is -0.353 e. The Morgan fingerprint density at radius 2 is 1.72 bits per heavy atom. The number of hydrogen-bond acceptors (Lipinski definition) is 5. The molecule has 6 nitrogen and oxygen atoms in total. The second-order valence-corrected chi connectivity index (χ2v) is 6.16. The van der Waals surface area contributed by atoms with Crippen LogP contribution in [0.25, 0.3) is 22.0 Å². The van der Waals surface area contributed by atoms with Crippen molar-refractivity contribution in [3.05, 3.63) is 49.1 Å². The van der Waals surface area contributed by atoms with Crippen molar-refractivity contribution in [1.29, 1.82) is 0 Å². The molecule has 1 amide bonds. The fourth-order valence-corrected chi connectivity index (χ4v) is 3.22. The Bertz CT molecular complexity index is 904. The number of rotatable bonds is 2. The fourth-order valence-electron chi connectivity index (χ4n) is 3.22. The van der Waals surface area contributed by atoms with Gasteiger partial charge in [-0.25, -0.2) is 4.98 Å². The topological polar surface area (TPSA) is 62.2 Å². The Morgan fingerprint density at radius 3 is 2.44 bits per heavy atom. The maximum Gasteiger partial charge on any atom is 0.219 e. The first-order valence-corrected chi connectivity index (χ1v) is 8.38. The Morgan fingerprint density at radius 1 is 1.00 bits per heavy atom. The molecule has 0 N–H and O–H groups in total. The van der Waals surface area contributed by atoms with Gasteiger partial charge in [0.2, 0.25) is 5.91 Å². The van der Waals surface area contributed by atoms with Crippen molar-refractivity contribution in [2.75, 3.05) is 31.1 Å². The molecule has 0 aliphatic carbocycles. The quantitative estimate of drug-likeness (QED) is 0.720. The van der Waals surface area contributed by atoms with Gasteiger partial charge >= 0.3 is 0 Å². The molecule has 3 aromatic heterocycles. The lowest BCUT2D eigenvalue weighted by atomic mass is 10.1. The lowest BCUT2D eigenvalue weighted by Crippen LogP contribution is -2.48. The minimum atomic E-state index is 0.132. The standard InChI is InChI=1S/C19H19N5O/c1-14(25)23-8-10-24(11-9-23)19-17-4-7-21-13-16(17)12-18(22-19)15-2-5-20-6-3-15/h2-7,12-13H,8-11H2,1H3. The van der Waals surface area contributed by atoms with Crippen LogP contribution in [0.5, 0.6) is 0 Å². The third kappa shape index (κ3) is 3.03. The van der Waals surface area contributed by atoms with Crippen LogP contribution >= 0.6 is 0 Å². The van der Waals surface area contributed by atoms with Crippen LogP contribution < -0.4 is 4.90 Å². The predicted octanol–water partition coefficient (Wildman–Crippen LogP) is 2.36. The van der Waals surface area contributed by atoms with E-state index in [1.54, 1.807) is 25.5 Å². The van der Waals surface area contributed by atoms with Crippen molar-refractivity contribution in [2.45, 2.75) is 6.92 Å². The molecule has 0 spiro atoms. The van der Waals surface area contributed by atoms with Crippen LogP contribution in [0, 0.1) is 0 Å². The van der Waals surface area contributed by atoms with Crippen LogP contribution in [0.4, 0.5) is 5.82 Å².